The van der Waals surface area contributed by atoms with E-state index in [1.54, 1.807) is 32.4 Å². The molecular weight excluding hydrogens is 396 g/mol. The van der Waals surface area contributed by atoms with Gasteiger partial charge in [-0.3, -0.25) is 4.99 Å². The van der Waals surface area contributed by atoms with Crippen LogP contribution in [0.25, 0.3) is 0 Å². The fourth-order valence-corrected chi connectivity index (χ4v) is 3.52. The second-order valence-electron chi connectivity index (χ2n) is 7.21. The maximum atomic E-state index is 11.3. The molecule has 1 aliphatic heterocycles. The first-order valence-corrected chi connectivity index (χ1v) is 10.4. The number of anilines is 2. The van der Waals surface area contributed by atoms with E-state index in [2.05, 4.69) is 21.2 Å². The molecule has 0 aliphatic carbocycles. The Bertz CT molecular complexity index is 895. The van der Waals surface area contributed by atoms with Crippen LogP contribution in [0.4, 0.5) is 11.4 Å². The van der Waals surface area contributed by atoms with Gasteiger partial charge in [0.15, 0.2) is 5.96 Å². The first kappa shape index (κ1) is 22.4. The number of para-hydroxylation sites is 2. The maximum absolute atomic E-state index is 11.3. The summed E-state index contributed by atoms with van der Waals surface area (Å²) in [7, 11) is 3.37. The molecule has 31 heavy (non-hydrogen) atoms. The van der Waals surface area contributed by atoms with Gasteiger partial charge in [-0.1, -0.05) is 18.2 Å². The first-order valence-electron chi connectivity index (χ1n) is 10.4. The molecule has 0 atom stereocenters. The Balaban J connectivity index is 1.71. The van der Waals surface area contributed by atoms with Gasteiger partial charge >= 0.3 is 5.97 Å². The molecule has 0 aromatic heterocycles. The summed E-state index contributed by atoms with van der Waals surface area (Å²) in [5.41, 5.74) is 2.03. The van der Waals surface area contributed by atoms with E-state index in [1.807, 2.05) is 24.3 Å². The lowest BCUT2D eigenvalue weighted by molar-refractivity contribution is 0.0697. The van der Waals surface area contributed by atoms with Crippen molar-refractivity contribution in [2.75, 3.05) is 63.8 Å². The fourth-order valence-electron chi connectivity index (χ4n) is 3.52. The van der Waals surface area contributed by atoms with Crippen LogP contribution in [-0.2, 0) is 4.74 Å². The molecule has 1 aliphatic rings. The summed E-state index contributed by atoms with van der Waals surface area (Å²) in [6.45, 7) is 4.50. The van der Waals surface area contributed by atoms with E-state index in [0.717, 1.165) is 50.0 Å². The number of carbonyl (C=O) groups is 1. The fraction of sp³-hybridized carbons (Fsp3) is 0.391. The van der Waals surface area contributed by atoms with E-state index < -0.39 is 5.97 Å². The molecule has 0 amide bonds. The first-order chi connectivity index (χ1) is 15.1. The Morgan fingerprint density at radius 1 is 1.10 bits per heavy atom. The highest BCUT2D eigenvalue weighted by Crippen LogP contribution is 2.28. The third-order valence-electron chi connectivity index (χ3n) is 5.14. The van der Waals surface area contributed by atoms with Crippen LogP contribution in [0.15, 0.2) is 53.5 Å². The number of methoxy groups -OCH3 is 2. The molecule has 0 unspecified atom stereocenters. The number of carboxylic acid groups (broad SMARTS) is 1. The Hall–Kier alpha value is -3.26. The van der Waals surface area contributed by atoms with E-state index in [9.17, 15) is 9.90 Å². The number of hydrogen-bond donors (Lipinski definition) is 2. The lowest BCUT2D eigenvalue weighted by Crippen LogP contribution is -2.50. The number of ether oxygens (including phenoxy) is 2. The molecule has 1 heterocycles. The number of rotatable bonds is 8. The summed E-state index contributed by atoms with van der Waals surface area (Å²) in [5.74, 6) is 0.666. The molecule has 0 spiro atoms. The average Bonchev–Trinajstić information content (AvgIpc) is 2.81. The molecular formula is C23H30N4O4. The van der Waals surface area contributed by atoms with Crippen LogP contribution in [0.1, 0.15) is 16.8 Å². The summed E-state index contributed by atoms with van der Waals surface area (Å²) < 4.78 is 10.6. The van der Waals surface area contributed by atoms with Crippen LogP contribution < -0.4 is 15.0 Å². The summed E-state index contributed by atoms with van der Waals surface area (Å²) in [4.78, 5) is 20.6. The van der Waals surface area contributed by atoms with Crippen molar-refractivity contribution in [1.29, 1.82) is 0 Å². The third-order valence-corrected chi connectivity index (χ3v) is 5.14. The molecule has 166 valence electrons. The quantitative estimate of drug-likeness (QED) is 0.381. The van der Waals surface area contributed by atoms with Gasteiger partial charge in [-0.2, -0.15) is 0 Å². The Morgan fingerprint density at radius 2 is 1.87 bits per heavy atom. The zero-order valence-electron chi connectivity index (χ0n) is 18.1. The average molecular weight is 427 g/mol. The highest BCUT2D eigenvalue weighted by molar-refractivity contribution is 5.96. The van der Waals surface area contributed by atoms with Crippen molar-refractivity contribution in [1.82, 2.24) is 4.90 Å². The van der Waals surface area contributed by atoms with E-state index in [0.29, 0.717) is 18.8 Å². The second-order valence-corrected chi connectivity index (χ2v) is 7.21. The van der Waals surface area contributed by atoms with Gasteiger partial charge in [0.25, 0.3) is 0 Å². The molecule has 0 bridgehead atoms. The minimum Gasteiger partial charge on any atom is -0.495 e. The number of benzene rings is 2. The van der Waals surface area contributed by atoms with Gasteiger partial charge in [0, 0.05) is 52.1 Å². The minimum atomic E-state index is -0.951. The number of carboxylic acids is 1. The molecule has 2 N–H and O–H groups in total. The predicted molar refractivity (Wildman–Crippen MR) is 123 cm³/mol. The number of hydrogen-bond acceptors (Lipinski definition) is 5. The van der Waals surface area contributed by atoms with Crippen molar-refractivity contribution in [3.8, 4) is 5.75 Å². The number of guanidine groups is 1. The van der Waals surface area contributed by atoms with Crippen LogP contribution in [0.2, 0.25) is 0 Å². The van der Waals surface area contributed by atoms with Crippen molar-refractivity contribution < 1.29 is 19.4 Å². The Morgan fingerprint density at radius 3 is 2.58 bits per heavy atom. The zero-order chi connectivity index (χ0) is 22.1. The SMILES string of the molecule is COCCCN=C(Nc1cccc(C(=O)O)c1)N1CCN(c2ccccc2OC)CC1. The van der Waals surface area contributed by atoms with Crippen LogP contribution in [0, 0.1) is 0 Å². The largest absolute Gasteiger partial charge is 0.495 e. The van der Waals surface area contributed by atoms with Gasteiger partial charge in [-0.25, -0.2) is 4.79 Å². The number of aromatic carboxylic acids is 1. The van der Waals surface area contributed by atoms with Crippen molar-refractivity contribution >= 4 is 23.3 Å². The summed E-state index contributed by atoms with van der Waals surface area (Å²) in [6.07, 6.45) is 0.817. The molecule has 3 rings (SSSR count). The summed E-state index contributed by atoms with van der Waals surface area (Å²) in [6, 6.07) is 14.8. The number of nitrogens with one attached hydrogen (secondary N) is 1. The monoisotopic (exact) mass is 426 g/mol. The Labute approximate surface area is 183 Å². The predicted octanol–water partition coefficient (Wildman–Crippen LogP) is 3.02. The van der Waals surface area contributed by atoms with Crippen molar-refractivity contribution in [3.05, 3.63) is 54.1 Å². The summed E-state index contributed by atoms with van der Waals surface area (Å²) in [5, 5.41) is 12.6. The molecule has 8 nitrogen and oxygen atoms in total. The van der Waals surface area contributed by atoms with E-state index in [4.69, 9.17) is 14.5 Å². The van der Waals surface area contributed by atoms with Crippen LogP contribution in [0.5, 0.6) is 5.75 Å². The lowest BCUT2D eigenvalue weighted by Gasteiger charge is -2.38. The summed E-state index contributed by atoms with van der Waals surface area (Å²) >= 11 is 0. The van der Waals surface area contributed by atoms with Crippen LogP contribution in [0.3, 0.4) is 0 Å². The minimum absolute atomic E-state index is 0.240. The second kappa shape index (κ2) is 11.2. The van der Waals surface area contributed by atoms with Gasteiger partial charge < -0.3 is 29.7 Å². The van der Waals surface area contributed by atoms with Gasteiger partial charge in [0.1, 0.15) is 5.75 Å². The molecule has 1 fully saturated rings. The van der Waals surface area contributed by atoms with Gasteiger partial charge in [0.2, 0.25) is 0 Å². The molecule has 0 saturated carbocycles. The van der Waals surface area contributed by atoms with Gasteiger partial charge in [-0.15, -0.1) is 0 Å². The van der Waals surface area contributed by atoms with Gasteiger partial charge in [-0.05, 0) is 36.8 Å². The normalized spacial score (nSPS) is 14.5. The zero-order valence-corrected chi connectivity index (χ0v) is 18.1. The van der Waals surface area contributed by atoms with E-state index >= 15 is 0 Å². The number of aliphatic imine (C=N–C) groups is 1. The molecule has 2 aromatic rings. The Kier molecular flexibility index (Phi) is 8.12. The van der Waals surface area contributed by atoms with Crippen molar-refractivity contribution in [2.24, 2.45) is 4.99 Å². The molecule has 2 aromatic carbocycles. The highest BCUT2D eigenvalue weighted by Gasteiger charge is 2.22. The van der Waals surface area contributed by atoms with Crippen LogP contribution in [-0.4, -0.2) is 75.5 Å². The van der Waals surface area contributed by atoms with E-state index in [-0.39, 0.29) is 5.56 Å². The third kappa shape index (κ3) is 6.11. The maximum Gasteiger partial charge on any atom is 0.335 e. The lowest BCUT2D eigenvalue weighted by atomic mass is 10.2. The highest BCUT2D eigenvalue weighted by atomic mass is 16.5. The number of piperazine rings is 1. The van der Waals surface area contributed by atoms with E-state index in [1.165, 1.54) is 0 Å². The molecule has 1 saturated heterocycles. The smallest absolute Gasteiger partial charge is 0.335 e. The molecule has 8 heteroatoms. The van der Waals surface area contributed by atoms with Gasteiger partial charge in [0.05, 0.1) is 18.4 Å². The molecule has 0 radical (unpaired) electrons. The standard InChI is InChI=1S/C23H30N4O4/c1-30-16-6-11-24-23(25-19-8-5-7-18(17-19)22(28)29)27-14-12-26(13-15-27)20-9-3-4-10-21(20)31-2/h3-5,7-10,17H,6,11-16H2,1-2H3,(H,24,25)(H,28,29). The number of nitrogens with zero attached hydrogens (tertiary/aromatic N) is 3. The van der Waals surface area contributed by atoms with Crippen molar-refractivity contribution in [3.63, 3.8) is 0 Å². The van der Waals surface area contributed by atoms with Crippen molar-refractivity contribution in [2.45, 2.75) is 6.42 Å². The topological polar surface area (TPSA) is 86.6 Å². The van der Waals surface area contributed by atoms with Crippen LogP contribution >= 0.6 is 0 Å².